The zero-order valence-corrected chi connectivity index (χ0v) is 15.1. The van der Waals surface area contributed by atoms with Gasteiger partial charge in [-0.3, -0.25) is 0 Å². The van der Waals surface area contributed by atoms with E-state index in [1.807, 2.05) is 18.2 Å². The first kappa shape index (κ1) is 18.1. The molecular weight excluding hydrogens is 324 g/mol. The molecule has 0 spiro atoms. The fourth-order valence-corrected chi connectivity index (χ4v) is 3.31. The first-order valence-electron chi connectivity index (χ1n) is 7.44. The van der Waals surface area contributed by atoms with Crippen molar-refractivity contribution >= 4 is 18.0 Å². The maximum absolute atomic E-state index is 5.44. The number of rotatable bonds is 7. The molecule has 0 saturated carbocycles. The minimum Gasteiger partial charge on any atom is -0.481 e. The molecule has 1 heterocycles. The van der Waals surface area contributed by atoms with Gasteiger partial charge in [-0.25, -0.2) is 0 Å². The van der Waals surface area contributed by atoms with Crippen LogP contribution >= 0.6 is 11.8 Å². The van der Waals surface area contributed by atoms with Crippen LogP contribution in [-0.4, -0.2) is 35.7 Å². The molecule has 0 radical (unpaired) electrons. The van der Waals surface area contributed by atoms with E-state index in [1.165, 1.54) is 17.3 Å². The molecule has 0 fully saturated rings. The van der Waals surface area contributed by atoms with Gasteiger partial charge in [0.25, 0.3) is 0 Å². The summed E-state index contributed by atoms with van der Waals surface area (Å²) in [5.74, 6) is 6.33. The molecule has 0 aliphatic rings. The van der Waals surface area contributed by atoms with Crippen LogP contribution in [0.5, 0.6) is 11.8 Å². The van der Waals surface area contributed by atoms with Gasteiger partial charge in [0.05, 0.1) is 25.5 Å². The third-order valence-corrected chi connectivity index (χ3v) is 5.12. The van der Waals surface area contributed by atoms with Crippen LogP contribution in [0.1, 0.15) is 19.4 Å². The quantitative estimate of drug-likeness (QED) is 0.273. The Morgan fingerprint density at radius 3 is 2.21 bits per heavy atom. The van der Waals surface area contributed by atoms with E-state index in [4.69, 9.17) is 15.3 Å². The summed E-state index contributed by atoms with van der Waals surface area (Å²) in [6, 6.07) is 11.8. The van der Waals surface area contributed by atoms with Crippen LogP contribution in [-0.2, 0) is 5.41 Å². The number of benzene rings is 1. The molecule has 1 unspecified atom stereocenters. The highest BCUT2D eigenvalue weighted by atomic mass is 32.2. The van der Waals surface area contributed by atoms with Crippen molar-refractivity contribution in [3.8, 4) is 11.8 Å². The highest BCUT2D eigenvalue weighted by molar-refractivity contribution is 8.00. The number of ether oxygens (including phenoxy) is 2. The summed E-state index contributed by atoms with van der Waals surface area (Å²) >= 11 is 1.46. The maximum Gasteiger partial charge on any atom is 0.220 e. The smallest absolute Gasteiger partial charge is 0.220 e. The molecule has 2 N–H and O–H groups in total. The van der Waals surface area contributed by atoms with Gasteiger partial charge in [0.15, 0.2) is 5.16 Å². The number of hydrazone groups is 1. The van der Waals surface area contributed by atoms with Crippen molar-refractivity contribution < 1.29 is 9.47 Å². The molecule has 7 heteroatoms. The van der Waals surface area contributed by atoms with Gasteiger partial charge >= 0.3 is 0 Å². The van der Waals surface area contributed by atoms with Crippen LogP contribution in [0, 0.1) is 0 Å². The number of hydrogen-bond donors (Lipinski definition) is 1. The van der Waals surface area contributed by atoms with Crippen molar-refractivity contribution in [1.29, 1.82) is 0 Å². The largest absolute Gasteiger partial charge is 0.481 e. The standard InChI is InChI=1S/C17H22N4O2S/c1-17(2,12-8-6-5-7-9-12)13(11-19-18)24-16-20-14(22-3)10-15(21-16)23-4/h5-11,13H,18H2,1-4H3. The monoisotopic (exact) mass is 346 g/mol. The summed E-state index contributed by atoms with van der Waals surface area (Å²) in [7, 11) is 3.12. The van der Waals surface area contributed by atoms with Crippen LogP contribution in [0.15, 0.2) is 46.7 Å². The summed E-state index contributed by atoms with van der Waals surface area (Å²) in [6.45, 7) is 4.28. The van der Waals surface area contributed by atoms with E-state index >= 15 is 0 Å². The number of hydrogen-bond acceptors (Lipinski definition) is 7. The van der Waals surface area contributed by atoms with Crippen LogP contribution in [0.2, 0.25) is 0 Å². The summed E-state index contributed by atoms with van der Waals surface area (Å²) in [6.07, 6.45) is 1.72. The molecule has 2 aromatic rings. The Morgan fingerprint density at radius 2 is 1.71 bits per heavy atom. The second-order valence-electron chi connectivity index (χ2n) is 5.66. The zero-order valence-electron chi connectivity index (χ0n) is 14.3. The second kappa shape index (κ2) is 8.01. The van der Waals surface area contributed by atoms with E-state index in [9.17, 15) is 0 Å². The Balaban J connectivity index is 2.35. The number of nitrogens with zero attached hydrogens (tertiary/aromatic N) is 3. The molecule has 1 atom stereocenters. The average Bonchev–Trinajstić information content (AvgIpc) is 2.61. The van der Waals surface area contributed by atoms with Crippen LogP contribution in [0.25, 0.3) is 0 Å². The maximum atomic E-state index is 5.44. The van der Waals surface area contributed by atoms with Crippen LogP contribution in [0.4, 0.5) is 0 Å². The molecule has 24 heavy (non-hydrogen) atoms. The lowest BCUT2D eigenvalue weighted by Gasteiger charge is -2.31. The Kier molecular flexibility index (Phi) is 6.03. The predicted molar refractivity (Wildman–Crippen MR) is 96.9 cm³/mol. The SMILES string of the molecule is COc1cc(OC)nc(SC(C=NN)C(C)(C)c2ccccc2)n1. The van der Waals surface area contributed by atoms with E-state index < -0.39 is 0 Å². The molecule has 1 aromatic carbocycles. The number of aromatic nitrogens is 2. The molecule has 1 aromatic heterocycles. The van der Waals surface area contributed by atoms with Crippen molar-refractivity contribution in [2.75, 3.05) is 14.2 Å². The Morgan fingerprint density at radius 1 is 1.12 bits per heavy atom. The topological polar surface area (TPSA) is 82.6 Å². The highest BCUT2D eigenvalue weighted by Crippen LogP contribution is 2.37. The minimum atomic E-state index is -0.228. The fourth-order valence-electron chi connectivity index (χ4n) is 2.23. The van der Waals surface area contributed by atoms with Gasteiger partial charge < -0.3 is 15.3 Å². The Labute approximate surface area is 146 Å². The molecule has 0 amide bonds. The zero-order chi connectivity index (χ0) is 17.6. The molecule has 0 bridgehead atoms. The van der Waals surface area contributed by atoms with Crippen molar-refractivity contribution in [2.24, 2.45) is 10.9 Å². The van der Waals surface area contributed by atoms with E-state index in [0.29, 0.717) is 16.9 Å². The molecular formula is C17H22N4O2S. The van der Waals surface area contributed by atoms with Gasteiger partial charge in [-0.1, -0.05) is 55.9 Å². The average molecular weight is 346 g/mol. The van der Waals surface area contributed by atoms with Crippen molar-refractivity contribution in [3.63, 3.8) is 0 Å². The molecule has 0 aliphatic carbocycles. The van der Waals surface area contributed by atoms with Crippen LogP contribution in [0.3, 0.4) is 0 Å². The van der Waals surface area contributed by atoms with Gasteiger partial charge in [0.2, 0.25) is 11.8 Å². The summed E-state index contributed by atoms with van der Waals surface area (Å²) in [5, 5.41) is 4.22. The summed E-state index contributed by atoms with van der Waals surface area (Å²) < 4.78 is 10.4. The fraction of sp³-hybridized carbons (Fsp3) is 0.353. The number of thioether (sulfide) groups is 1. The number of nitrogens with two attached hydrogens (primary N) is 1. The minimum absolute atomic E-state index is 0.0679. The predicted octanol–water partition coefficient (Wildman–Crippen LogP) is 2.88. The molecule has 6 nitrogen and oxygen atoms in total. The first-order valence-corrected chi connectivity index (χ1v) is 8.32. The van der Waals surface area contributed by atoms with Crippen molar-refractivity contribution in [1.82, 2.24) is 9.97 Å². The Hall–Kier alpha value is -2.28. The van der Waals surface area contributed by atoms with Gasteiger partial charge in [-0.2, -0.15) is 15.1 Å². The lowest BCUT2D eigenvalue weighted by molar-refractivity contribution is 0.364. The third kappa shape index (κ3) is 4.17. The third-order valence-electron chi connectivity index (χ3n) is 3.76. The molecule has 128 valence electrons. The lowest BCUT2D eigenvalue weighted by atomic mass is 9.81. The van der Waals surface area contributed by atoms with E-state index in [2.05, 4.69) is 41.0 Å². The Bertz CT molecular complexity index is 670. The number of methoxy groups -OCH3 is 2. The van der Waals surface area contributed by atoms with E-state index in [1.54, 1.807) is 26.5 Å². The normalized spacial score (nSPS) is 13.0. The van der Waals surface area contributed by atoms with Gasteiger partial charge in [0, 0.05) is 11.6 Å². The van der Waals surface area contributed by atoms with E-state index in [-0.39, 0.29) is 10.7 Å². The highest BCUT2D eigenvalue weighted by Gasteiger charge is 2.32. The summed E-state index contributed by atoms with van der Waals surface area (Å²) in [4.78, 5) is 8.75. The van der Waals surface area contributed by atoms with Crippen molar-refractivity contribution in [2.45, 2.75) is 29.7 Å². The van der Waals surface area contributed by atoms with Crippen LogP contribution < -0.4 is 15.3 Å². The first-order chi connectivity index (χ1) is 11.5. The molecule has 2 rings (SSSR count). The van der Waals surface area contributed by atoms with Gasteiger partial charge in [0.1, 0.15) is 0 Å². The molecule has 0 saturated heterocycles. The van der Waals surface area contributed by atoms with E-state index in [0.717, 1.165) is 0 Å². The second-order valence-corrected chi connectivity index (χ2v) is 6.77. The summed E-state index contributed by atoms with van der Waals surface area (Å²) in [5.41, 5.74) is 0.950. The van der Waals surface area contributed by atoms with Gasteiger partial charge in [-0.15, -0.1) is 0 Å². The van der Waals surface area contributed by atoms with Crippen molar-refractivity contribution in [3.05, 3.63) is 42.0 Å². The lowest BCUT2D eigenvalue weighted by Crippen LogP contribution is -2.33. The van der Waals surface area contributed by atoms with Gasteiger partial charge in [-0.05, 0) is 5.56 Å². The molecule has 0 aliphatic heterocycles.